The van der Waals surface area contributed by atoms with E-state index in [9.17, 15) is 34.5 Å². The molecule has 0 aliphatic carbocycles. The molecule has 0 radical (unpaired) electrons. The number of hydrogen-bond acceptors (Lipinski definition) is 7. The van der Waals surface area contributed by atoms with Gasteiger partial charge in [0.15, 0.2) is 0 Å². The monoisotopic (exact) mass is 416 g/mol. The van der Waals surface area contributed by atoms with E-state index in [0.717, 1.165) is 4.90 Å². The van der Waals surface area contributed by atoms with E-state index in [1.165, 1.54) is 6.92 Å². The number of carboxylic acids is 1. The van der Waals surface area contributed by atoms with Gasteiger partial charge in [0, 0.05) is 6.54 Å². The molecule has 1 aliphatic rings. The highest BCUT2D eigenvalue weighted by Gasteiger charge is 2.40. The maximum Gasteiger partial charge on any atom is 0.326 e. The van der Waals surface area contributed by atoms with Crippen LogP contribution in [-0.2, 0) is 19.2 Å². The molecular weight excluding hydrogens is 384 g/mol. The zero-order valence-electron chi connectivity index (χ0n) is 17.0. The van der Waals surface area contributed by atoms with Gasteiger partial charge < -0.3 is 36.6 Å². The molecule has 0 spiro atoms. The Bertz CT molecular complexity index is 613. The van der Waals surface area contributed by atoms with Gasteiger partial charge in [0.25, 0.3) is 0 Å². The molecule has 1 rings (SSSR count). The van der Waals surface area contributed by atoms with Crippen LogP contribution in [0.2, 0.25) is 0 Å². The first kappa shape index (κ1) is 24.8. The number of nitrogens with zero attached hydrogens (tertiary/aromatic N) is 1. The lowest BCUT2D eigenvalue weighted by molar-refractivity contribution is -0.150. The number of likely N-dealkylation sites (tertiary alicyclic amines) is 1. The summed E-state index contributed by atoms with van der Waals surface area (Å²) >= 11 is 0. The fourth-order valence-corrected chi connectivity index (χ4v) is 3.08. The van der Waals surface area contributed by atoms with E-state index in [0.29, 0.717) is 12.8 Å². The number of carbonyl (C=O) groups is 4. The highest BCUT2D eigenvalue weighted by Crippen LogP contribution is 2.19. The molecule has 0 aromatic heterocycles. The van der Waals surface area contributed by atoms with Crippen molar-refractivity contribution in [3.8, 4) is 0 Å². The molecule has 0 aromatic rings. The minimum absolute atomic E-state index is 0.146. The normalized spacial score (nSPS) is 21.6. The first-order valence-corrected chi connectivity index (χ1v) is 9.73. The Morgan fingerprint density at radius 2 is 1.79 bits per heavy atom. The number of aliphatic hydroxyl groups excluding tert-OH is 2. The van der Waals surface area contributed by atoms with Crippen LogP contribution < -0.4 is 16.4 Å². The second-order valence-corrected chi connectivity index (χ2v) is 7.41. The van der Waals surface area contributed by atoms with E-state index < -0.39 is 60.6 Å². The molecule has 1 heterocycles. The fraction of sp³-hybridized carbons (Fsp3) is 0.778. The molecule has 1 aliphatic heterocycles. The van der Waals surface area contributed by atoms with Crippen LogP contribution in [0.4, 0.5) is 0 Å². The summed E-state index contributed by atoms with van der Waals surface area (Å²) in [6, 6.07) is -4.70. The first-order chi connectivity index (χ1) is 13.5. The summed E-state index contributed by atoms with van der Waals surface area (Å²) in [6.45, 7) is 4.36. The Morgan fingerprint density at radius 3 is 2.28 bits per heavy atom. The van der Waals surface area contributed by atoms with E-state index in [2.05, 4.69) is 10.6 Å². The summed E-state index contributed by atoms with van der Waals surface area (Å²) in [5.74, 6) is -3.56. The van der Waals surface area contributed by atoms with Crippen molar-refractivity contribution in [2.75, 3.05) is 13.2 Å². The van der Waals surface area contributed by atoms with Gasteiger partial charge in [0.1, 0.15) is 18.1 Å². The van der Waals surface area contributed by atoms with Crippen molar-refractivity contribution in [3.63, 3.8) is 0 Å². The third-order valence-electron chi connectivity index (χ3n) is 5.24. The van der Waals surface area contributed by atoms with Gasteiger partial charge in [-0.25, -0.2) is 4.79 Å². The van der Waals surface area contributed by atoms with Crippen molar-refractivity contribution in [1.82, 2.24) is 15.5 Å². The summed E-state index contributed by atoms with van der Waals surface area (Å²) in [5, 5.41) is 33.3. The van der Waals surface area contributed by atoms with Gasteiger partial charge in [0.05, 0.1) is 18.8 Å². The third-order valence-corrected chi connectivity index (χ3v) is 5.24. The average Bonchev–Trinajstić information content (AvgIpc) is 3.17. The Balaban J connectivity index is 2.86. The molecule has 11 heteroatoms. The van der Waals surface area contributed by atoms with Crippen molar-refractivity contribution in [1.29, 1.82) is 0 Å². The van der Waals surface area contributed by atoms with E-state index in [-0.39, 0.29) is 18.9 Å². The first-order valence-electron chi connectivity index (χ1n) is 9.73. The minimum Gasteiger partial charge on any atom is -0.480 e. The lowest BCUT2D eigenvalue weighted by Crippen LogP contribution is -2.60. The smallest absolute Gasteiger partial charge is 0.326 e. The maximum atomic E-state index is 12.7. The molecule has 166 valence electrons. The molecule has 11 nitrogen and oxygen atoms in total. The Kier molecular flexibility index (Phi) is 9.47. The fourth-order valence-electron chi connectivity index (χ4n) is 3.08. The van der Waals surface area contributed by atoms with Crippen LogP contribution >= 0.6 is 0 Å². The second kappa shape index (κ2) is 11.1. The number of nitrogens with one attached hydrogen (secondary N) is 2. The molecule has 0 bridgehead atoms. The summed E-state index contributed by atoms with van der Waals surface area (Å²) in [6.07, 6.45) is 0.0963. The number of hydrogen-bond donors (Lipinski definition) is 6. The predicted molar refractivity (Wildman–Crippen MR) is 102 cm³/mol. The van der Waals surface area contributed by atoms with Gasteiger partial charge in [-0.2, -0.15) is 0 Å². The van der Waals surface area contributed by atoms with Gasteiger partial charge in [-0.05, 0) is 25.7 Å². The standard InChI is InChI=1S/C18H32N4O7/c1-4-9(2)13(19)16(26)20-11(8-23)15(25)21-14(10(3)24)17(27)22-7-5-6-12(22)18(28)29/h9-14,23-24H,4-8,19H2,1-3H3,(H,20,26)(H,21,25)(H,28,29). The highest BCUT2D eigenvalue weighted by molar-refractivity contribution is 5.94. The van der Waals surface area contributed by atoms with E-state index in [4.69, 9.17) is 5.73 Å². The van der Waals surface area contributed by atoms with Gasteiger partial charge in [-0.1, -0.05) is 20.3 Å². The van der Waals surface area contributed by atoms with Gasteiger partial charge in [-0.15, -0.1) is 0 Å². The van der Waals surface area contributed by atoms with Crippen LogP contribution in [0.25, 0.3) is 0 Å². The lowest BCUT2D eigenvalue weighted by Gasteiger charge is -2.30. The summed E-state index contributed by atoms with van der Waals surface area (Å²) in [5.41, 5.74) is 5.82. The van der Waals surface area contributed by atoms with Crippen LogP contribution in [0.5, 0.6) is 0 Å². The zero-order valence-corrected chi connectivity index (χ0v) is 17.0. The highest BCUT2D eigenvalue weighted by atomic mass is 16.4. The van der Waals surface area contributed by atoms with E-state index in [1.54, 1.807) is 6.92 Å². The third kappa shape index (κ3) is 6.38. The number of aliphatic hydroxyl groups is 2. The quantitative estimate of drug-likeness (QED) is 0.231. The molecule has 0 saturated carbocycles. The molecule has 6 unspecified atom stereocenters. The minimum atomic E-state index is -1.42. The molecule has 3 amide bonds. The number of amides is 3. The average molecular weight is 416 g/mol. The Hall–Kier alpha value is -2.24. The number of aliphatic carboxylic acids is 1. The molecule has 1 saturated heterocycles. The zero-order chi connectivity index (χ0) is 22.3. The number of rotatable bonds is 10. The SMILES string of the molecule is CCC(C)C(N)C(=O)NC(CO)C(=O)NC(C(=O)N1CCCC1C(=O)O)C(C)O. The summed E-state index contributed by atoms with van der Waals surface area (Å²) in [7, 11) is 0. The molecular formula is C18H32N4O7. The van der Waals surface area contributed by atoms with Crippen molar-refractivity contribution in [2.45, 2.75) is 70.3 Å². The van der Waals surface area contributed by atoms with Crippen LogP contribution in [0.15, 0.2) is 0 Å². The van der Waals surface area contributed by atoms with Crippen LogP contribution in [0, 0.1) is 5.92 Å². The van der Waals surface area contributed by atoms with Crippen LogP contribution in [0.1, 0.15) is 40.0 Å². The Morgan fingerprint density at radius 1 is 1.17 bits per heavy atom. The van der Waals surface area contributed by atoms with Crippen molar-refractivity contribution < 1.29 is 34.5 Å². The van der Waals surface area contributed by atoms with Crippen LogP contribution in [-0.4, -0.2) is 87.3 Å². The second-order valence-electron chi connectivity index (χ2n) is 7.41. The van der Waals surface area contributed by atoms with Gasteiger partial charge >= 0.3 is 5.97 Å². The van der Waals surface area contributed by atoms with E-state index in [1.807, 2.05) is 6.92 Å². The summed E-state index contributed by atoms with van der Waals surface area (Å²) < 4.78 is 0. The van der Waals surface area contributed by atoms with Gasteiger partial charge in [-0.3, -0.25) is 14.4 Å². The predicted octanol–water partition coefficient (Wildman–Crippen LogP) is -2.22. The molecule has 7 N–H and O–H groups in total. The van der Waals surface area contributed by atoms with Gasteiger partial charge in [0.2, 0.25) is 17.7 Å². The molecule has 0 aromatic carbocycles. The van der Waals surface area contributed by atoms with Crippen molar-refractivity contribution in [3.05, 3.63) is 0 Å². The lowest BCUT2D eigenvalue weighted by atomic mass is 9.99. The summed E-state index contributed by atoms with van der Waals surface area (Å²) in [4.78, 5) is 49.8. The largest absolute Gasteiger partial charge is 0.480 e. The van der Waals surface area contributed by atoms with Crippen LogP contribution in [0.3, 0.4) is 0 Å². The topological polar surface area (TPSA) is 182 Å². The molecule has 29 heavy (non-hydrogen) atoms. The van der Waals surface area contributed by atoms with Crippen molar-refractivity contribution in [2.24, 2.45) is 11.7 Å². The van der Waals surface area contributed by atoms with Crippen molar-refractivity contribution >= 4 is 23.7 Å². The number of carbonyl (C=O) groups excluding carboxylic acids is 3. The number of nitrogens with two attached hydrogens (primary N) is 1. The molecule has 6 atom stereocenters. The maximum absolute atomic E-state index is 12.7. The molecule has 1 fully saturated rings. The number of carboxylic acid groups (broad SMARTS) is 1. The van der Waals surface area contributed by atoms with E-state index >= 15 is 0 Å². The Labute approximate surface area is 169 Å².